The van der Waals surface area contributed by atoms with Crippen molar-refractivity contribution in [1.29, 1.82) is 0 Å². The van der Waals surface area contributed by atoms with Gasteiger partial charge in [0.05, 0.1) is 5.69 Å². The van der Waals surface area contributed by atoms with Gasteiger partial charge in [0, 0.05) is 23.8 Å². The molecule has 21 heavy (non-hydrogen) atoms. The van der Waals surface area contributed by atoms with Gasteiger partial charge >= 0.3 is 0 Å². The lowest BCUT2D eigenvalue weighted by Crippen LogP contribution is -2.34. The molecule has 2 aromatic heterocycles. The fourth-order valence-electron chi connectivity index (χ4n) is 3.83. The standard InChI is InChI=1S/C17H25N3S/c1-12-2-3-13(10-18-15-4-5-15)14(8-12)9-16-11-20-6-7-21-17(20)19-16/h6-7,11-15,18H,2-5,8-10H2,1H3. The fraction of sp³-hybridized carbons (Fsp3) is 0.706. The Morgan fingerprint density at radius 1 is 1.29 bits per heavy atom. The Hall–Kier alpha value is -0.870. The van der Waals surface area contributed by atoms with Gasteiger partial charge in [-0.25, -0.2) is 4.98 Å². The van der Waals surface area contributed by atoms with Crippen LogP contribution in [-0.2, 0) is 6.42 Å². The topological polar surface area (TPSA) is 29.3 Å². The highest BCUT2D eigenvalue weighted by Gasteiger charge is 2.31. The molecule has 3 unspecified atom stereocenters. The van der Waals surface area contributed by atoms with Crippen LogP contribution in [0, 0.1) is 17.8 Å². The molecular weight excluding hydrogens is 278 g/mol. The van der Waals surface area contributed by atoms with Crippen molar-refractivity contribution in [3.05, 3.63) is 23.5 Å². The van der Waals surface area contributed by atoms with Crippen LogP contribution < -0.4 is 5.32 Å². The third kappa shape index (κ3) is 3.16. The Morgan fingerprint density at radius 3 is 3.00 bits per heavy atom. The van der Waals surface area contributed by atoms with Crippen LogP contribution >= 0.6 is 11.3 Å². The molecule has 4 heteroatoms. The van der Waals surface area contributed by atoms with E-state index in [2.05, 4.69) is 34.4 Å². The van der Waals surface area contributed by atoms with Crippen molar-refractivity contribution >= 4 is 16.3 Å². The number of fused-ring (bicyclic) bond motifs is 1. The van der Waals surface area contributed by atoms with Crippen molar-refractivity contribution in [3.8, 4) is 0 Å². The van der Waals surface area contributed by atoms with Crippen molar-refractivity contribution in [2.24, 2.45) is 17.8 Å². The molecule has 0 aliphatic heterocycles. The van der Waals surface area contributed by atoms with Gasteiger partial charge in [0.1, 0.15) is 0 Å². The maximum Gasteiger partial charge on any atom is 0.193 e. The van der Waals surface area contributed by atoms with E-state index >= 15 is 0 Å². The fourth-order valence-corrected chi connectivity index (χ4v) is 4.55. The van der Waals surface area contributed by atoms with E-state index < -0.39 is 0 Å². The first kappa shape index (κ1) is 13.8. The number of nitrogens with zero attached hydrogens (tertiary/aromatic N) is 2. The molecule has 2 aromatic rings. The van der Waals surface area contributed by atoms with E-state index in [1.54, 1.807) is 11.3 Å². The van der Waals surface area contributed by atoms with Crippen LogP contribution in [-0.4, -0.2) is 22.0 Å². The smallest absolute Gasteiger partial charge is 0.193 e. The molecule has 114 valence electrons. The zero-order valence-corrected chi connectivity index (χ0v) is 13.6. The van der Waals surface area contributed by atoms with Crippen LogP contribution in [0.2, 0.25) is 0 Å². The quantitative estimate of drug-likeness (QED) is 0.911. The molecule has 2 heterocycles. The van der Waals surface area contributed by atoms with Gasteiger partial charge in [0.25, 0.3) is 0 Å². The Labute approximate surface area is 130 Å². The molecular formula is C17H25N3S. The van der Waals surface area contributed by atoms with Gasteiger partial charge in [0.15, 0.2) is 4.96 Å². The number of hydrogen-bond acceptors (Lipinski definition) is 3. The van der Waals surface area contributed by atoms with Gasteiger partial charge in [-0.2, -0.15) is 0 Å². The van der Waals surface area contributed by atoms with Gasteiger partial charge in [-0.1, -0.05) is 13.3 Å². The summed E-state index contributed by atoms with van der Waals surface area (Å²) < 4.78 is 2.17. The van der Waals surface area contributed by atoms with E-state index in [4.69, 9.17) is 4.98 Å². The first-order valence-electron chi connectivity index (χ1n) is 8.42. The summed E-state index contributed by atoms with van der Waals surface area (Å²) in [6, 6.07) is 0.836. The van der Waals surface area contributed by atoms with E-state index in [0.29, 0.717) is 0 Å². The van der Waals surface area contributed by atoms with Crippen LogP contribution in [0.25, 0.3) is 4.96 Å². The number of aromatic nitrogens is 2. The molecule has 2 fully saturated rings. The minimum Gasteiger partial charge on any atom is -0.314 e. The van der Waals surface area contributed by atoms with Gasteiger partial charge in [-0.3, -0.25) is 4.40 Å². The molecule has 0 saturated heterocycles. The van der Waals surface area contributed by atoms with Gasteiger partial charge in [0.2, 0.25) is 0 Å². The predicted molar refractivity (Wildman–Crippen MR) is 87.8 cm³/mol. The number of nitrogens with one attached hydrogen (secondary N) is 1. The third-order valence-electron chi connectivity index (χ3n) is 5.26. The van der Waals surface area contributed by atoms with Crippen LogP contribution in [0.5, 0.6) is 0 Å². The summed E-state index contributed by atoms with van der Waals surface area (Å²) in [5.41, 5.74) is 1.29. The first-order chi connectivity index (χ1) is 10.3. The minimum absolute atomic E-state index is 0.810. The van der Waals surface area contributed by atoms with Crippen molar-refractivity contribution in [3.63, 3.8) is 0 Å². The molecule has 3 atom stereocenters. The number of hydrogen-bond donors (Lipinski definition) is 1. The molecule has 0 amide bonds. The van der Waals surface area contributed by atoms with Crippen LogP contribution in [0.4, 0.5) is 0 Å². The summed E-state index contributed by atoms with van der Waals surface area (Å²) in [5.74, 6) is 2.54. The summed E-state index contributed by atoms with van der Waals surface area (Å²) in [6.07, 6.45) is 12.5. The lowest BCUT2D eigenvalue weighted by Gasteiger charge is -2.35. The second kappa shape index (κ2) is 5.73. The van der Waals surface area contributed by atoms with Crippen molar-refractivity contribution in [2.75, 3.05) is 6.54 Å². The van der Waals surface area contributed by atoms with E-state index in [-0.39, 0.29) is 0 Å². The Balaban J connectivity index is 1.44. The number of thiazole rings is 1. The van der Waals surface area contributed by atoms with Crippen molar-refractivity contribution in [1.82, 2.24) is 14.7 Å². The second-order valence-corrected chi connectivity index (χ2v) is 8.02. The molecule has 3 nitrogen and oxygen atoms in total. The normalized spacial score (nSPS) is 30.0. The third-order valence-corrected chi connectivity index (χ3v) is 6.03. The minimum atomic E-state index is 0.810. The lowest BCUT2D eigenvalue weighted by molar-refractivity contribution is 0.182. The SMILES string of the molecule is CC1CCC(CNC2CC2)C(Cc2cn3ccsc3n2)C1. The number of imidazole rings is 1. The van der Waals surface area contributed by atoms with Crippen molar-refractivity contribution in [2.45, 2.75) is 51.5 Å². The predicted octanol–water partition coefficient (Wildman–Crippen LogP) is 3.74. The van der Waals surface area contributed by atoms with Crippen LogP contribution in [0.15, 0.2) is 17.8 Å². The largest absolute Gasteiger partial charge is 0.314 e. The average molecular weight is 303 g/mol. The second-order valence-electron chi connectivity index (χ2n) is 7.15. The molecule has 2 aliphatic rings. The zero-order valence-electron chi connectivity index (χ0n) is 12.8. The summed E-state index contributed by atoms with van der Waals surface area (Å²) in [5, 5.41) is 5.86. The first-order valence-corrected chi connectivity index (χ1v) is 9.30. The highest BCUT2D eigenvalue weighted by Crippen LogP contribution is 2.36. The lowest BCUT2D eigenvalue weighted by atomic mass is 9.73. The summed E-state index contributed by atoms with van der Waals surface area (Å²) in [7, 11) is 0. The molecule has 0 spiro atoms. The highest BCUT2D eigenvalue weighted by molar-refractivity contribution is 7.15. The Bertz CT molecular complexity index is 569. The van der Waals surface area contributed by atoms with Crippen LogP contribution in [0.3, 0.4) is 0 Å². The maximum absolute atomic E-state index is 4.79. The van der Waals surface area contributed by atoms with E-state index in [1.807, 2.05) is 0 Å². The van der Waals surface area contributed by atoms with Crippen molar-refractivity contribution < 1.29 is 0 Å². The number of rotatable bonds is 5. The van der Waals surface area contributed by atoms with Gasteiger partial charge in [-0.15, -0.1) is 11.3 Å². The summed E-state index contributed by atoms with van der Waals surface area (Å²) in [4.78, 5) is 5.94. The Kier molecular flexibility index (Phi) is 3.76. The van der Waals surface area contributed by atoms with Gasteiger partial charge < -0.3 is 5.32 Å². The zero-order chi connectivity index (χ0) is 14.2. The van der Waals surface area contributed by atoms with E-state index in [0.717, 1.165) is 35.2 Å². The summed E-state index contributed by atoms with van der Waals surface area (Å²) in [6.45, 7) is 3.65. The summed E-state index contributed by atoms with van der Waals surface area (Å²) >= 11 is 1.73. The van der Waals surface area contributed by atoms with Crippen LogP contribution in [0.1, 0.15) is 44.7 Å². The molecule has 0 radical (unpaired) electrons. The molecule has 2 saturated carbocycles. The molecule has 4 rings (SSSR count). The molecule has 2 aliphatic carbocycles. The molecule has 0 bridgehead atoms. The highest BCUT2D eigenvalue weighted by atomic mass is 32.1. The monoisotopic (exact) mass is 303 g/mol. The van der Waals surface area contributed by atoms with E-state index in [1.165, 1.54) is 44.3 Å². The Morgan fingerprint density at radius 2 is 2.19 bits per heavy atom. The molecule has 0 aromatic carbocycles. The molecule has 1 N–H and O–H groups in total. The maximum atomic E-state index is 4.79. The van der Waals surface area contributed by atoms with E-state index in [9.17, 15) is 0 Å². The van der Waals surface area contributed by atoms with Gasteiger partial charge in [-0.05, 0) is 56.4 Å². The average Bonchev–Trinajstić information content (AvgIpc) is 3.06.